The Kier molecular flexibility index (Phi) is 5.88. The van der Waals surface area contributed by atoms with Crippen molar-refractivity contribution in [1.82, 2.24) is 5.32 Å². The molecule has 0 heterocycles. The third-order valence-electron chi connectivity index (χ3n) is 3.96. The smallest absolute Gasteiger partial charge is 0.220 e. The van der Waals surface area contributed by atoms with Crippen molar-refractivity contribution in [3.8, 4) is 0 Å². The van der Waals surface area contributed by atoms with E-state index in [2.05, 4.69) is 5.32 Å². The number of hydrogen-bond acceptors (Lipinski definition) is 2. The first kappa shape index (κ1) is 17.2. The van der Waals surface area contributed by atoms with E-state index in [1.165, 1.54) is 29.8 Å². The monoisotopic (exact) mass is 315 g/mol. The third-order valence-corrected chi connectivity index (χ3v) is 3.96. The molecule has 0 fully saturated rings. The van der Waals surface area contributed by atoms with Gasteiger partial charge in [-0.05, 0) is 41.7 Å². The van der Waals surface area contributed by atoms with Crippen LogP contribution in [0.15, 0.2) is 48.5 Å². The second-order valence-electron chi connectivity index (χ2n) is 5.83. The quantitative estimate of drug-likeness (QED) is 0.857. The zero-order chi connectivity index (χ0) is 16.8. The molecule has 0 aliphatic heterocycles. The molecule has 2 unspecified atom stereocenters. The number of nitrogens with one attached hydrogen (secondary N) is 1. The molecule has 0 aliphatic rings. The van der Waals surface area contributed by atoms with Crippen LogP contribution in [0.2, 0.25) is 0 Å². The lowest BCUT2D eigenvalue weighted by Gasteiger charge is -2.16. The summed E-state index contributed by atoms with van der Waals surface area (Å²) in [4.78, 5) is 12.0. The van der Waals surface area contributed by atoms with Crippen LogP contribution in [0, 0.1) is 12.7 Å². The first-order valence-electron chi connectivity index (χ1n) is 7.73. The minimum Gasteiger partial charge on any atom is -0.387 e. The van der Waals surface area contributed by atoms with Gasteiger partial charge in [0.25, 0.3) is 0 Å². The molecule has 4 heteroatoms. The molecule has 2 aromatic rings. The fraction of sp³-hybridized carbons (Fsp3) is 0.316. The fourth-order valence-corrected chi connectivity index (χ4v) is 2.61. The lowest BCUT2D eigenvalue weighted by atomic mass is 9.93. The Morgan fingerprint density at radius 3 is 2.48 bits per heavy atom. The van der Waals surface area contributed by atoms with Gasteiger partial charge in [0.1, 0.15) is 5.82 Å². The van der Waals surface area contributed by atoms with Crippen LogP contribution >= 0.6 is 0 Å². The zero-order valence-corrected chi connectivity index (χ0v) is 13.4. The van der Waals surface area contributed by atoms with Crippen molar-refractivity contribution in [3.05, 3.63) is 71.0 Å². The van der Waals surface area contributed by atoms with E-state index in [0.717, 1.165) is 5.56 Å². The summed E-state index contributed by atoms with van der Waals surface area (Å²) in [6.45, 7) is 4.16. The van der Waals surface area contributed by atoms with Gasteiger partial charge in [0.15, 0.2) is 0 Å². The van der Waals surface area contributed by atoms with Crippen molar-refractivity contribution in [1.29, 1.82) is 0 Å². The highest BCUT2D eigenvalue weighted by Crippen LogP contribution is 2.22. The number of carbonyl (C=O) groups excluding carboxylic acids is 1. The first-order valence-corrected chi connectivity index (χ1v) is 7.73. The topological polar surface area (TPSA) is 49.3 Å². The molecule has 0 aromatic heterocycles. The van der Waals surface area contributed by atoms with Crippen LogP contribution in [0.4, 0.5) is 4.39 Å². The van der Waals surface area contributed by atoms with Crippen LogP contribution in [-0.4, -0.2) is 17.6 Å². The van der Waals surface area contributed by atoms with E-state index in [1.54, 1.807) is 0 Å². The first-order chi connectivity index (χ1) is 11.0. The number of benzene rings is 2. The summed E-state index contributed by atoms with van der Waals surface area (Å²) in [6, 6.07) is 13.6. The Labute approximate surface area is 136 Å². The van der Waals surface area contributed by atoms with Gasteiger partial charge >= 0.3 is 0 Å². The predicted octanol–water partition coefficient (Wildman–Crippen LogP) is 3.48. The van der Waals surface area contributed by atoms with E-state index in [1.807, 2.05) is 38.1 Å². The Balaban J connectivity index is 1.85. The lowest BCUT2D eigenvalue weighted by molar-refractivity contribution is -0.121. The van der Waals surface area contributed by atoms with Crippen molar-refractivity contribution < 1.29 is 14.3 Å². The molecule has 1 amide bonds. The highest BCUT2D eigenvalue weighted by atomic mass is 19.1. The highest BCUT2D eigenvalue weighted by molar-refractivity contribution is 5.76. The van der Waals surface area contributed by atoms with E-state index in [9.17, 15) is 14.3 Å². The van der Waals surface area contributed by atoms with Gasteiger partial charge in [-0.25, -0.2) is 4.39 Å². The van der Waals surface area contributed by atoms with Gasteiger partial charge in [0.05, 0.1) is 6.10 Å². The van der Waals surface area contributed by atoms with Gasteiger partial charge < -0.3 is 10.4 Å². The summed E-state index contributed by atoms with van der Waals surface area (Å²) < 4.78 is 12.9. The maximum Gasteiger partial charge on any atom is 0.220 e. The Morgan fingerprint density at radius 1 is 1.17 bits per heavy atom. The maximum absolute atomic E-state index is 12.9. The van der Waals surface area contributed by atoms with E-state index < -0.39 is 6.10 Å². The number of hydrogen-bond donors (Lipinski definition) is 2. The number of amides is 1. The minimum absolute atomic E-state index is 0.109. The van der Waals surface area contributed by atoms with Gasteiger partial charge in [-0.2, -0.15) is 0 Å². The van der Waals surface area contributed by atoms with Crippen LogP contribution in [0.25, 0.3) is 0 Å². The summed E-state index contributed by atoms with van der Waals surface area (Å²) in [5.74, 6) is -0.349. The van der Waals surface area contributed by atoms with Crippen LogP contribution in [-0.2, 0) is 4.79 Å². The molecule has 2 rings (SSSR count). The van der Waals surface area contributed by atoms with E-state index >= 15 is 0 Å². The van der Waals surface area contributed by atoms with Crippen LogP contribution in [0.1, 0.15) is 42.1 Å². The molecule has 0 aliphatic carbocycles. The molecule has 122 valence electrons. The average Bonchev–Trinajstić information content (AvgIpc) is 2.53. The number of rotatable bonds is 6. The molecule has 2 aromatic carbocycles. The van der Waals surface area contributed by atoms with Crippen LogP contribution in [0.3, 0.4) is 0 Å². The minimum atomic E-state index is -0.840. The second kappa shape index (κ2) is 7.88. The molecule has 0 radical (unpaired) electrons. The normalized spacial score (nSPS) is 13.4. The predicted molar refractivity (Wildman–Crippen MR) is 88.6 cm³/mol. The van der Waals surface area contributed by atoms with E-state index in [-0.39, 0.29) is 24.2 Å². The molecule has 0 spiro atoms. The average molecular weight is 315 g/mol. The molecule has 0 saturated carbocycles. The molecule has 0 bridgehead atoms. The van der Waals surface area contributed by atoms with Crippen molar-refractivity contribution in [3.63, 3.8) is 0 Å². The van der Waals surface area contributed by atoms with Crippen molar-refractivity contribution >= 4 is 5.91 Å². The van der Waals surface area contributed by atoms with Crippen LogP contribution in [0.5, 0.6) is 0 Å². The summed E-state index contributed by atoms with van der Waals surface area (Å²) >= 11 is 0. The maximum atomic E-state index is 12.9. The van der Waals surface area contributed by atoms with Gasteiger partial charge in [0, 0.05) is 13.0 Å². The molecule has 2 N–H and O–H groups in total. The van der Waals surface area contributed by atoms with E-state index in [0.29, 0.717) is 12.0 Å². The van der Waals surface area contributed by atoms with Gasteiger partial charge in [-0.15, -0.1) is 0 Å². The molecule has 23 heavy (non-hydrogen) atoms. The fourth-order valence-electron chi connectivity index (χ4n) is 2.61. The number of carbonyl (C=O) groups is 1. The molecular weight excluding hydrogens is 293 g/mol. The second-order valence-corrected chi connectivity index (χ2v) is 5.83. The van der Waals surface area contributed by atoms with Crippen molar-refractivity contribution in [2.24, 2.45) is 0 Å². The Bertz CT molecular complexity index is 655. The number of aliphatic hydroxyl groups excluding tert-OH is 1. The molecular formula is C19H22FNO2. The molecule has 3 nitrogen and oxygen atoms in total. The summed E-state index contributed by atoms with van der Waals surface area (Å²) in [6.07, 6.45) is -0.477. The largest absolute Gasteiger partial charge is 0.387 e. The Morgan fingerprint density at radius 2 is 1.83 bits per heavy atom. The van der Waals surface area contributed by atoms with Crippen molar-refractivity contribution in [2.45, 2.75) is 32.3 Å². The number of aryl methyl sites for hydroxylation is 1. The molecule has 0 saturated heterocycles. The Hall–Kier alpha value is -2.20. The summed E-state index contributed by atoms with van der Waals surface area (Å²) in [5.41, 5.74) is 2.90. The van der Waals surface area contributed by atoms with Gasteiger partial charge in [0.2, 0.25) is 5.91 Å². The van der Waals surface area contributed by atoms with E-state index in [4.69, 9.17) is 0 Å². The SMILES string of the molecule is Cc1ccccc1C(C)CC(=O)NCC(O)c1ccc(F)cc1. The van der Waals surface area contributed by atoms with Crippen LogP contribution < -0.4 is 5.32 Å². The standard InChI is InChI=1S/C19H22FNO2/c1-13-5-3-4-6-17(13)14(2)11-19(23)21-12-18(22)15-7-9-16(20)10-8-15/h3-10,14,18,22H,11-12H2,1-2H3,(H,21,23). The number of aliphatic hydroxyl groups is 1. The van der Waals surface area contributed by atoms with Gasteiger partial charge in [-0.1, -0.05) is 43.3 Å². The molecule has 2 atom stereocenters. The summed E-state index contributed by atoms with van der Waals surface area (Å²) in [5, 5.41) is 12.8. The third kappa shape index (κ3) is 4.89. The van der Waals surface area contributed by atoms with Crippen molar-refractivity contribution in [2.75, 3.05) is 6.54 Å². The summed E-state index contributed by atoms with van der Waals surface area (Å²) in [7, 11) is 0. The van der Waals surface area contributed by atoms with Gasteiger partial charge in [-0.3, -0.25) is 4.79 Å². The zero-order valence-electron chi connectivity index (χ0n) is 13.4. The lowest BCUT2D eigenvalue weighted by Crippen LogP contribution is -2.29. The highest BCUT2D eigenvalue weighted by Gasteiger charge is 2.14. The number of halogens is 1.